The van der Waals surface area contributed by atoms with Gasteiger partial charge in [0.1, 0.15) is 17.3 Å². The van der Waals surface area contributed by atoms with Crippen LogP contribution in [0.25, 0.3) is 5.78 Å². The minimum absolute atomic E-state index is 0.519. The van der Waals surface area contributed by atoms with E-state index < -0.39 is 0 Å². The molecule has 0 N–H and O–H groups in total. The van der Waals surface area contributed by atoms with Crippen LogP contribution in [-0.2, 0) is 0 Å². The van der Waals surface area contributed by atoms with Crippen LogP contribution in [0.5, 0.6) is 0 Å². The summed E-state index contributed by atoms with van der Waals surface area (Å²) in [6, 6.07) is 0. The third kappa shape index (κ3) is 2.09. The lowest BCUT2D eigenvalue weighted by Crippen LogP contribution is -2.30. The number of halogens is 1. The molecule has 5 nitrogen and oxygen atoms in total. The average Bonchev–Trinajstić information content (AvgIpc) is 3.15. The minimum atomic E-state index is 0.519. The van der Waals surface area contributed by atoms with Gasteiger partial charge in [-0.05, 0) is 43.9 Å². The molecule has 2 aliphatic rings. The molecule has 0 radical (unpaired) electrons. The summed E-state index contributed by atoms with van der Waals surface area (Å²) in [7, 11) is 2.13. The third-order valence-electron chi connectivity index (χ3n) is 5.33. The van der Waals surface area contributed by atoms with Gasteiger partial charge in [-0.25, -0.2) is 0 Å². The fraction of sp³-hybridized carbons (Fsp3) is 0.667. The Labute approximate surface area is 129 Å². The van der Waals surface area contributed by atoms with Gasteiger partial charge in [0.2, 0.25) is 0 Å². The van der Waals surface area contributed by atoms with Crippen molar-refractivity contribution in [2.45, 2.75) is 32.6 Å². The first-order valence-electron chi connectivity index (χ1n) is 7.70. The Hall–Kier alpha value is -1.36. The number of nitrogens with zero attached hydrogens (tertiary/aromatic N) is 5. The van der Waals surface area contributed by atoms with Gasteiger partial charge in [0.25, 0.3) is 5.78 Å². The van der Waals surface area contributed by atoms with Crippen LogP contribution in [0.15, 0.2) is 6.33 Å². The quantitative estimate of drug-likeness (QED) is 0.818. The molecule has 2 bridgehead atoms. The van der Waals surface area contributed by atoms with Gasteiger partial charge in [-0.1, -0.05) is 18.0 Å². The summed E-state index contributed by atoms with van der Waals surface area (Å²) in [6.07, 6.45) is 7.21. The van der Waals surface area contributed by atoms with Crippen LogP contribution in [-0.4, -0.2) is 33.2 Å². The maximum Gasteiger partial charge on any atom is 0.255 e. The predicted octanol–water partition coefficient (Wildman–Crippen LogP) is 2.96. The molecule has 21 heavy (non-hydrogen) atoms. The van der Waals surface area contributed by atoms with E-state index in [1.807, 2.05) is 6.92 Å². The van der Waals surface area contributed by atoms with Crippen LogP contribution < -0.4 is 4.90 Å². The minimum Gasteiger partial charge on any atom is -0.359 e. The SMILES string of the molecule is Cc1c(Cl)nc2ncnn2c1N(C)CC1CC2CCC1C2. The van der Waals surface area contributed by atoms with Crippen LogP contribution in [0.4, 0.5) is 5.82 Å². The molecule has 3 unspecified atom stereocenters. The van der Waals surface area contributed by atoms with Crippen molar-refractivity contribution in [3.63, 3.8) is 0 Å². The Morgan fingerprint density at radius 3 is 2.95 bits per heavy atom. The van der Waals surface area contributed by atoms with Crippen molar-refractivity contribution >= 4 is 23.2 Å². The largest absolute Gasteiger partial charge is 0.359 e. The molecule has 0 saturated heterocycles. The Balaban J connectivity index is 1.66. The fourth-order valence-corrected chi connectivity index (χ4v) is 4.53. The molecule has 0 aromatic carbocycles. The van der Waals surface area contributed by atoms with E-state index in [4.69, 9.17) is 11.6 Å². The van der Waals surface area contributed by atoms with Crippen LogP contribution in [0.3, 0.4) is 0 Å². The van der Waals surface area contributed by atoms with E-state index in [0.717, 1.165) is 35.7 Å². The first kappa shape index (κ1) is 13.3. The topological polar surface area (TPSA) is 46.3 Å². The second-order valence-electron chi connectivity index (χ2n) is 6.64. The highest BCUT2D eigenvalue weighted by Gasteiger charge is 2.40. The zero-order chi connectivity index (χ0) is 14.6. The summed E-state index contributed by atoms with van der Waals surface area (Å²) in [6.45, 7) is 3.07. The molecule has 2 heterocycles. The number of hydrogen-bond donors (Lipinski definition) is 0. The molecule has 112 valence electrons. The average molecular weight is 306 g/mol. The highest BCUT2D eigenvalue weighted by molar-refractivity contribution is 6.30. The Kier molecular flexibility index (Phi) is 3.06. The summed E-state index contributed by atoms with van der Waals surface area (Å²) < 4.78 is 1.80. The summed E-state index contributed by atoms with van der Waals surface area (Å²) in [5.74, 6) is 4.28. The standard InChI is InChI=1S/C15H20ClN5/c1-9-13(16)19-15-17-8-18-21(15)14(9)20(2)7-12-6-10-3-4-11(12)5-10/h8,10-12H,3-7H2,1-2H3. The molecule has 2 fully saturated rings. The van der Waals surface area contributed by atoms with E-state index in [1.54, 1.807) is 4.52 Å². The van der Waals surface area contributed by atoms with E-state index >= 15 is 0 Å². The second-order valence-corrected chi connectivity index (χ2v) is 7.00. The van der Waals surface area contributed by atoms with Crippen LogP contribution >= 0.6 is 11.6 Å². The third-order valence-corrected chi connectivity index (χ3v) is 5.70. The van der Waals surface area contributed by atoms with E-state index in [9.17, 15) is 0 Å². The molecular formula is C15H20ClN5. The lowest BCUT2D eigenvalue weighted by molar-refractivity contribution is 0.336. The van der Waals surface area contributed by atoms with E-state index in [1.165, 1.54) is 32.0 Å². The Morgan fingerprint density at radius 2 is 2.24 bits per heavy atom. The van der Waals surface area contributed by atoms with E-state index in [0.29, 0.717) is 10.9 Å². The van der Waals surface area contributed by atoms with Gasteiger partial charge >= 0.3 is 0 Å². The fourth-order valence-electron chi connectivity index (χ4n) is 4.37. The van der Waals surface area contributed by atoms with Gasteiger partial charge in [0.05, 0.1) is 0 Å². The monoisotopic (exact) mass is 305 g/mol. The van der Waals surface area contributed by atoms with Gasteiger partial charge in [-0.2, -0.15) is 19.6 Å². The maximum absolute atomic E-state index is 6.25. The van der Waals surface area contributed by atoms with Crippen LogP contribution in [0, 0.1) is 24.7 Å². The molecule has 2 aromatic heterocycles. The van der Waals surface area contributed by atoms with Gasteiger partial charge in [0, 0.05) is 19.2 Å². The first-order chi connectivity index (χ1) is 10.1. The summed E-state index contributed by atoms with van der Waals surface area (Å²) >= 11 is 6.25. The van der Waals surface area contributed by atoms with Crippen molar-refractivity contribution in [1.82, 2.24) is 19.6 Å². The van der Waals surface area contributed by atoms with E-state index in [2.05, 4.69) is 27.0 Å². The molecule has 0 aliphatic heterocycles. The summed E-state index contributed by atoms with van der Waals surface area (Å²) in [5, 5.41) is 4.83. The molecule has 2 aromatic rings. The Morgan fingerprint density at radius 1 is 1.38 bits per heavy atom. The van der Waals surface area contributed by atoms with Crippen molar-refractivity contribution in [2.24, 2.45) is 17.8 Å². The lowest BCUT2D eigenvalue weighted by Gasteiger charge is -2.29. The van der Waals surface area contributed by atoms with Crippen molar-refractivity contribution in [3.05, 3.63) is 17.0 Å². The van der Waals surface area contributed by atoms with Gasteiger partial charge in [-0.15, -0.1) is 0 Å². The van der Waals surface area contributed by atoms with Crippen LogP contribution in [0.2, 0.25) is 5.15 Å². The van der Waals surface area contributed by atoms with Gasteiger partial charge < -0.3 is 4.90 Å². The summed E-state index contributed by atoms with van der Waals surface area (Å²) in [4.78, 5) is 10.7. The molecule has 0 amide bonds. The Bertz CT molecular complexity index is 682. The molecule has 2 saturated carbocycles. The first-order valence-corrected chi connectivity index (χ1v) is 8.08. The zero-order valence-corrected chi connectivity index (χ0v) is 13.2. The van der Waals surface area contributed by atoms with Crippen LogP contribution in [0.1, 0.15) is 31.2 Å². The molecule has 6 heteroatoms. The number of aromatic nitrogens is 4. The molecular weight excluding hydrogens is 286 g/mol. The molecule has 3 atom stereocenters. The molecule has 4 rings (SSSR count). The van der Waals surface area contributed by atoms with Crippen molar-refractivity contribution in [1.29, 1.82) is 0 Å². The number of rotatable bonds is 3. The lowest BCUT2D eigenvalue weighted by atomic mass is 9.88. The van der Waals surface area contributed by atoms with Crippen molar-refractivity contribution in [2.75, 3.05) is 18.5 Å². The normalized spacial score (nSPS) is 27.7. The van der Waals surface area contributed by atoms with Crippen molar-refractivity contribution < 1.29 is 0 Å². The van der Waals surface area contributed by atoms with E-state index in [-0.39, 0.29) is 0 Å². The maximum atomic E-state index is 6.25. The number of fused-ring (bicyclic) bond motifs is 3. The smallest absolute Gasteiger partial charge is 0.255 e. The number of anilines is 1. The highest BCUT2D eigenvalue weighted by Crippen LogP contribution is 2.48. The predicted molar refractivity (Wildman–Crippen MR) is 82.7 cm³/mol. The number of hydrogen-bond acceptors (Lipinski definition) is 4. The van der Waals surface area contributed by atoms with Gasteiger partial charge in [-0.3, -0.25) is 0 Å². The van der Waals surface area contributed by atoms with Crippen molar-refractivity contribution in [3.8, 4) is 0 Å². The molecule has 2 aliphatic carbocycles. The second kappa shape index (κ2) is 4.83. The highest BCUT2D eigenvalue weighted by atomic mass is 35.5. The molecule has 0 spiro atoms. The van der Waals surface area contributed by atoms with Gasteiger partial charge in [0.15, 0.2) is 0 Å². The zero-order valence-electron chi connectivity index (χ0n) is 12.5. The summed E-state index contributed by atoms with van der Waals surface area (Å²) in [5.41, 5.74) is 0.973.